The van der Waals surface area contributed by atoms with Crippen LogP contribution < -0.4 is 11.1 Å². The summed E-state index contributed by atoms with van der Waals surface area (Å²) in [6.45, 7) is 2.64. The van der Waals surface area contributed by atoms with Gasteiger partial charge in [-0.3, -0.25) is 4.79 Å². The maximum atomic E-state index is 10.8. The first-order valence-corrected chi connectivity index (χ1v) is 5.04. The summed E-state index contributed by atoms with van der Waals surface area (Å²) in [5.74, 6) is 0.0249. The Hall–Kier alpha value is -1.69. The second-order valence-corrected chi connectivity index (χ2v) is 3.36. The molecule has 1 aromatic heterocycles. The highest BCUT2D eigenvalue weighted by Crippen LogP contribution is 2.05. The van der Waals surface area contributed by atoms with E-state index in [-0.39, 0.29) is 11.7 Å². The lowest BCUT2D eigenvalue weighted by Crippen LogP contribution is -2.24. The largest absolute Gasteiger partial charge is 0.383 e. The molecule has 88 valence electrons. The lowest BCUT2D eigenvalue weighted by atomic mass is 10.2. The lowest BCUT2D eigenvalue weighted by molar-refractivity contribution is 0.0995. The van der Waals surface area contributed by atoms with Crippen LogP contribution in [0.15, 0.2) is 12.4 Å². The predicted molar refractivity (Wildman–Crippen MR) is 60.1 cm³/mol. The van der Waals surface area contributed by atoms with Gasteiger partial charge in [0.05, 0.1) is 25.0 Å². The molecule has 1 aromatic rings. The third-order valence-corrected chi connectivity index (χ3v) is 2.12. The van der Waals surface area contributed by atoms with Gasteiger partial charge in [-0.2, -0.15) is 0 Å². The van der Waals surface area contributed by atoms with E-state index in [2.05, 4.69) is 15.3 Å². The van der Waals surface area contributed by atoms with Crippen molar-refractivity contribution >= 4 is 11.7 Å². The Bertz CT molecular complexity index is 339. The summed E-state index contributed by atoms with van der Waals surface area (Å²) >= 11 is 0. The van der Waals surface area contributed by atoms with Crippen molar-refractivity contribution in [3.63, 3.8) is 0 Å². The van der Waals surface area contributed by atoms with Crippen LogP contribution in [0.3, 0.4) is 0 Å². The van der Waals surface area contributed by atoms with E-state index >= 15 is 0 Å². The Morgan fingerprint density at radius 3 is 2.75 bits per heavy atom. The summed E-state index contributed by atoms with van der Waals surface area (Å²) in [5, 5.41) is 3.15. The first-order valence-electron chi connectivity index (χ1n) is 5.04. The van der Waals surface area contributed by atoms with Crippen LogP contribution in [0.25, 0.3) is 0 Å². The van der Waals surface area contributed by atoms with Crippen molar-refractivity contribution in [3.8, 4) is 0 Å². The van der Waals surface area contributed by atoms with Crippen LogP contribution in [-0.4, -0.2) is 35.6 Å². The van der Waals surface area contributed by atoms with Crippen LogP contribution in [0.2, 0.25) is 0 Å². The first-order chi connectivity index (χ1) is 7.67. The summed E-state index contributed by atoms with van der Waals surface area (Å²) in [5.41, 5.74) is 5.21. The van der Waals surface area contributed by atoms with Crippen LogP contribution in [-0.2, 0) is 4.74 Å². The summed E-state index contributed by atoms with van der Waals surface area (Å²) in [4.78, 5) is 18.7. The van der Waals surface area contributed by atoms with Crippen molar-refractivity contribution in [1.29, 1.82) is 0 Å². The molecular formula is C10H16N4O2. The second-order valence-electron chi connectivity index (χ2n) is 3.36. The molecule has 0 radical (unpaired) electrons. The number of nitrogens with zero attached hydrogens (tertiary/aromatic N) is 2. The van der Waals surface area contributed by atoms with Crippen LogP contribution in [0.1, 0.15) is 23.8 Å². The maximum Gasteiger partial charge on any atom is 0.268 e. The standard InChI is InChI=1S/C10H16N4O2/c1-3-7(6-16-2)14-9-5-12-8(4-13-9)10(11)15/h4-5,7H,3,6H2,1-2H3,(H2,11,15)(H,13,14). The molecule has 1 heterocycles. The zero-order chi connectivity index (χ0) is 12.0. The summed E-state index contributed by atoms with van der Waals surface area (Å²) in [6.07, 6.45) is 3.75. The van der Waals surface area contributed by atoms with E-state index in [0.717, 1.165) is 6.42 Å². The van der Waals surface area contributed by atoms with Gasteiger partial charge in [0.15, 0.2) is 0 Å². The third-order valence-electron chi connectivity index (χ3n) is 2.12. The minimum atomic E-state index is -0.581. The van der Waals surface area contributed by atoms with E-state index in [1.165, 1.54) is 12.4 Å². The summed E-state index contributed by atoms with van der Waals surface area (Å²) in [7, 11) is 1.65. The maximum absolute atomic E-state index is 10.8. The minimum absolute atomic E-state index is 0.158. The van der Waals surface area contributed by atoms with Crippen LogP contribution in [0, 0.1) is 0 Å². The number of ether oxygens (including phenoxy) is 1. The van der Waals surface area contributed by atoms with E-state index in [4.69, 9.17) is 10.5 Å². The van der Waals surface area contributed by atoms with Gasteiger partial charge in [0.1, 0.15) is 11.5 Å². The van der Waals surface area contributed by atoms with Gasteiger partial charge in [-0.25, -0.2) is 9.97 Å². The topological polar surface area (TPSA) is 90.1 Å². The zero-order valence-electron chi connectivity index (χ0n) is 9.43. The summed E-state index contributed by atoms with van der Waals surface area (Å²) < 4.78 is 5.04. The number of carbonyl (C=O) groups excluding carboxylic acids is 1. The van der Waals surface area contributed by atoms with Gasteiger partial charge in [-0.1, -0.05) is 6.92 Å². The number of primary amides is 1. The number of carbonyl (C=O) groups is 1. The number of anilines is 1. The average molecular weight is 224 g/mol. The third kappa shape index (κ3) is 3.47. The van der Waals surface area contributed by atoms with Gasteiger partial charge >= 0.3 is 0 Å². The van der Waals surface area contributed by atoms with E-state index in [1.54, 1.807) is 7.11 Å². The Balaban J connectivity index is 2.63. The van der Waals surface area contributed by atoms with Crippen molar-refractivity contribution in [2.45, 2.75) is 19.4 Å². The van der Waals surface area contributed by atoms with Gasteiger partial charge in [-0.05, 0) is 6.42 Å². The van der Waals surface area contributed by atoms with Crippen molar-refractivity contribution in [2.75, 3.05) is 19.0 Å². The van der Waals surface area contributed by atoms with Crippen LogP contribution in [0.5, 0.6) is 0 Å². The molecule has 1 amide bonds. The van der Waals surface area contributed by atoms with Gasteiger partial charge in [0, 0.05) is 7.11 Å². The number of amides is 1. The predicted octanol–water partition coefficient (Wildman–Crippen LogP) is 0.412. The smallest absolute Gasteiger partial charge is 0.268 e. The van der Waals surface area contributed by atoms with Crippen LogP contribution in [0.4, 0.5) is 5.82 Å². The van der Waals surface area contributed by atoms with Crippen molar-refractivity contribution in [3.05, 3.63) is 18.1 Å². The Kier molecular flexibility index (Phi) is 4.65. The molecule has 16 heavy (non-hydrogen) atoms. The minimum Gasteiger partial charge on any atom is -0.383 e. The molecule has 0 aromatic carbocycles. The van der Waals surface area contributed by atoms with Crippen molar-refractivity contribution in [2.24, 2.45) is 5.73 Å². The fraction of sp³-hybridized carbons (Fsp3) is 0.500. The SMILES string of the molecule is CCC(COC)Nc1cnc(C(N)=O)cn1. The highest BCUT2D eigenvalue weighted by atomic mass is 16.5. The van der Waals surface area contributed by atoms with Gasteiger partial charge in [0.2, 0.25) is 0 Å². The average Bonchev–Trinajstić information content (AvgIpc) is 2.29. The Morgan fingerprint density at radius 2 is 2.31 bits per heavy atom. The number of nitrogens with one attached hydrogen (secondary N) is 1. The highest BCUT2D eigenvalue weighted by molar-refractivity contribution is 5.90. The zero-order valence-corrected chi connectivity index (χ0v) is 9.43. The molecular weight excluding hydrogens is 208 g/mol. The molecule has 6 nitrogen and oxygen atoms in total. The van der Waals surface area contributed by atoms with Crippen LogP contribution >= 0.6 is 0 Å². The second kappa shape index (κ2) is 6.02. The Morgan fingerprint density at radius 1 is 1.56 bits per heavy atom. The molecule has 0 aliphatic heterocycles. The number of methoxy groups -OCH3 is 1. The molecule has 0 spiro atoms. The van der Waals surface area contributed by atoms with E-state index in [1.807, 2.05) is 6.92 Å². The highest BCUT2D eigenvalue weighted by Gasteiger charge is 2.07. The lowest BCUT2D eigenvalue weighted by Gasteiger charge is -2.15. The van der Waals surface area contributed by atoms with Gasteiger partial charge < -0.3 is 15.8 Å². The molecule has 0 aliphatic carbocycles. The monoisotopic (exact) mass is 224 g/mol. The molecule has 0 saturated carbocycles. The quantitative estimate of drug-likeness (QED) is 0.730. The molecule has 0 bridgehead atoms. The van der Waals surface area contributed by atoms with E-state index < -0.39 is 5.91 Å². The molecule has 0 fully saturated rings. The summed E-state index contributed by atoms with van der Waals surface area (Å²) in [6, 6.07) is 0.179. The Labute approximate surface area is 94.2 Å². The number of hydrogen-bond donors (Lipinski definition) is 2. The first kappa shape index (κ1) is 12.4. The molecule has 0 saturated heterocycles. The molecule has 3 N–H and O–H groups in total. The fourth-order valence-electron chi connectivity index (χ4n) is 1.20. The normalized spacial score (nSPS) is 12.1. The molecule has 6 heteroatoms. The van der Waals surface area contributed by atoms with Crippen molar-refractivity contribution in [1.82, 2.24) is 9.97 Å². The van der Waals surface area contributed by atoms with Gasteiger partial charge in [0.25, 0.3) is 5.91 Å². The molecule has 1 unspecified atom stereocenters. The molecule has 0 aliphatic rings. The molecule has 1 atom stereocenters. The number of rotatable bonds is 6. The molecule has 1 rings (SSSR count). The number of hydrogen-bond acceptors (Lipinski definition) is 5. The van der Waals surface area contributed by atoms with Gasteiger partial charge in [-0.15, -0.1) is 0 Å². The number of aromatic nitrogens is 2. The van der Waals surface area contributed by atoms with E-state index in [9.17, 15) is 4.79 Å². The van der Waals surface area contributed by atoms with E-state index in [0.29, 0.717) is 12.4 Å². The van der Waals surface area contributed by atoms with Crippen molar-refractivity contribution < 1.29 is 9.53 Å². The number of nitrogens with two attached hydrogens (primary N) is 1. The fourth-order valence-corrected chi connectivity index (χ4v) is 1.20.